The maximum Gasteiger partial charge on any atom is 0.139 e. The molecule has 0 aliphatic rings. The summed E-state index contributed by atoms with van der Waals surface area (Å²) in [6.45, 7) is 0. The Morgan fingerprint density at radius 2 is 2.25 bits per heavy atom. The molecular weight excluding hydrogens is 174 g/mol. The summed E-state index contributed by atoms with van der Waals surface area (Å²) in [4.78, 5) is 8.01. The number of nitrogens with zero attached hydrogens (tertiary/aromatic N) is 3. The Kier molecular flexibility index (Phi) is 1.80. The van der Waals surface area contributed by atoms with Crippen LogP contribution < -0.4 is 0 Å². The molecule has 0 bridgehead atoms. The second-order valence-electron chi connectivity index (χ2n) is 2.29. The van der Waals surface area contributed by atoms with Crippen LogP contribution in [0.1, 0.15) is 0 Å². The molecule has 0 amide bonds. The largest absolute Gasteiger partial charge is 0.290 e. The molecular formula is C8H6ClN3. The smallest absolute Gasteiger partial charge is 0.139 e. The van der Waals surface area contributed by atoms with Gasteiger partial charge < -0.3 is 0 Å². The number of imidazole rings is 1. The van der Waals surface area contributed by atoms with Crippen LogP contribution in [0.3, 0.4) is 0 Å². The second kappa shape index (κ2) is 2.95. The number of hydrogen-bond acceptors (Lipinski definition) is 2. The fourth-order valence-corrected chi connectivity index (χ4v) is 1.10. The Hall–Kier alpha value is -1.35. The molecule has 0 fully saturated rings. The predicted molar refractivity (Wildman–Crippen MR) is 46.4 cm³/mol. The van der Waals surface area contributed by atoms with Crippen LogP contribution in [-0.2, 0) is 0 Å². The first kappa shape index (κ1) is 7.31. The molecule has 3 nitrogen and oxygen atoms in total. The van der Waals surface area contributed by atoms with Crippen LogP contribution in [0, 0.1) is 0 Å². The van der Waals surface area contributed by atoms with Gasteiger partial charge in [-0.15, -0.1) is 0 Å². The highest BCUT2D eigenvalue weighted by molar-refractivity contribution is 6.29. The van der Waals surface area contributed by atoms with Gasteiger partial charge in [-0.05, 0) is 12.1 Å². The van der Waals surface area contributed by atoms with Crippen LogP contribution in [-0.4, -0.2) is 14.5 Å². The number of rotatable bonds is 1. The maximum absolute atomic E-state index is 5.72. The van der Waals surface area contributed by atoms with E-state index in [1.54, 1.807) is 23.2 Å². The molecule has 0 saturated heterocycles. The molecule has 2 rings (SSSR count). The lowest BCUT2D eigenvalue weighted by Gasteiger charge is -1.99. The van der Waals surface area contributed by atoms with Gasteiger partial charge in [-0.3, -0.25) is 4.57 Å². The third-order valence-electron chi connectivity index (χ3n) is 1.47. The molecule has 2 aromatic heterocycles. The highest BCUT2D eigenvalue weighted by Crippen LogP contribution is 2.08. The van der Waals surface area contributed by atoms with Gasteiger partial charge in [0.15, 0.2) is 0 Å². The minimum Gasteiger partial charge on any atom is -0.290 e. The van der Waals surface area contributed by atoms with Crippen LogP contribution in [0.25, 0.3) is 5.82 Å². The van der Waals surface area contributed by atoms with Crippen molar-refractivity contribution >= 4 is 11.6 Å². The van der Waals surface area contributed by atoms with E-state index < -0.39 is 0 Å². The quantitative estimate of drug-likeness (QED) is 0.627. The lowest BCUT2D eigenvalue weighted by atomic mass is 10.4. The zero-order valence-electron chi connectivity index (χ0n) is 6.18. The van der Waals surface area contributed by atoms with Gasteiger partial charge in [0, 0.05) is 12.4 Å². The average Bonchev–Trinajstić information content (AvgIpc) is 2.56. The molecule has 0 spiro atoms. The van der Waals surface area contributed by atoms with Crippen molar-refractivity contribution in [3.8, 4) is 5.82 Å². The molecule has 4 heteroatoms. The van der Waals surface area contributed by atoms with E-state index in [2.05, 4.69) is 9.97 Å². The van der Waals surface area contributed by atoms with Crippen molar-refractivity contribution in [1.29, 1.82) is 0 Å². The van der Waals surface area contributed by atoms with E-state index in [0.29, 0.717) is 5.15 Å². The predicted octanol–water partition coefficient (Wildman–Crippen LogP) is 1.92. The molecule has 12 heavy (non-hydrogen) atoms. The van der Waals surface area contributed by atoms with Crippen molar-refractivity contribution < 1.29 is 0 Å². The summed E-state index contributed by atoms with van der Waals surface area (Å²) < 4.78 is 1.80. The van der Waals surface area contributed by atoms with E-state index >= 15 is 0 Å². The molecule has 0 atom stereocenters. The molecule has 0 radical (unpaired) electrons. The Bertz CT molecular complexity index is 370. The molecule has 2 heterocycles. The summed E-state index contributed by atoms with van der Waals surface area (Å²) in [5, 5.41) is 0.487. The molecule has 0 saturated carbocycles. The SMILES string of the molecule is Clc1cccc(-n2ccnc2)n1. The van der Waals surface area contributed by atoms with Crippen LogP contribution >= 0.6 is 11.6 Å². The molecule has 0 aliphatic heterocycles. The molecule has 60 valence electrons. The monoisotopic (exact) mass is 179 g/mol. The van der Waals surface area contributed by atoms with Crippen molar-refractivity contribution in [1.82, 2.24) is 14.5 Å². The molecule has 0 N–H and O–H groups in total. The minimum atomic E-state index is 0.487. The van der Waals surface area contributed by atoms with E-state index in [-0.39, 0.29) is 0 Å². The highest BCUT2D eigenvalue weighted by Gasteiger charge is 1.95. The van der Waals surface area contributed by atoms with Gasteiger partial charge in [-0.2, -0.15) is 0 Å². The summed E-state index contributed by atoms with van der Waals surface area (Å²) in [6.07, 6.45) is 5.19. The zero-order valence-corrected chi connectivity index (χ0v) is 6.94. The van der Waals surface area contributed by atoms with Crippen LogP contribution in [0.2, 0.25) is 5.15 Å². The fraction of sp³-hybridized carbons (Fsp3) is 0. The van der Waals surface area contributed by atoms with Crippen molar-refractivity contribution in [2.75, 3.05) is 0 Å². The minimum absolute atomic E-state index is 0.487. The Balaban J connectivity index is 2.48. The normalized spacial score (nSPS) is 10.1. The van der Waals surface area contributed by atoms with Gasteiger partial charge in [0.2, 0.25) is 0 Å². The van der Waals surface area contributed by atoms with E-state index in [1.165, 1.54) is 0 Å². The van der Waals surface area contributed by atoms with E-state index in [9.17, 15) is 0 Å². The summed E-state index contributed by atoms with van der Waals surface area (Å²) in [5.41, 5.74) is 0. The van der Waals surface area contributed by atoms with E-state index in [0.717, 1.165) is 5.82 Å². The number of hydrogen-bond donors (Lipinski definition) is 0. The lowest BCUT2D eigenvalue weighted by Crippen LogP contribution is -1.92. The van der Waals surface area contributed by atoms with Crippen molar-refractivity contribution in [3.05, 3.63) is 42.1 Å². The maximum atomic E-state index is 5.72. The zero-order chi connectivity index (χ0) is 8.39. The third kappa shape index (κ3) is 1.31. The molecule has 0 unspecified atom stereocenters. The van der Waals surface area contributed by atoms with Crippen molar-refractivity contribution in [2.24, 2.45) is 0 Å². The summed E-state index contributed by atoms with van der Waals surface area (Å²) in [6, 6.07) is 5.46. The first-order chi connectivity index (χ1) is 5.86. The van der Waals surface area contributed by atoms with Crippen LogP contribution in [0.15, 0.2) is 36.9 Å². The lowest BCUT2D eigenvalue weighted by molar-refractivity contribution is 0.993. The summed E-state index contributed by atoms with van der Waals surface area (Å²) in [7, 11) is 0. The van der Waals surface area contributed by atoms with Gasteiger partial charge >= 0.3 is 0 Å². The summed E-state index contributed by atoms with van der Waals surface area (Å²) >= 11 is 5.72. The molecule has 0 aliphatic carbocycles. The first-order valence-electron chi connectivity index (χ1n) is 3.47. The van der Waals surface area contributed by atoms with E-state index in [1.807, 2.05) is 18.3 Å². The van der Waals surface area contributed by atoms with Crippen LogP contribution in [0.5, 0.6) is 0 Å². The fourth-order valence-electron chi connectivity index (χ4n) is 0.936. The van der Waals surface area contributed by atoms with Crippen molar-refractivity contribution in [3.63, 3.8) is 0 Å². The highest BCUT2D eigenvalue weighted by atomic mass is 35.5. The van der Waals surface area contributed by atoms with Gasteiger partial charge in [-0.1, -0.05) is 17.7 Å². The van der Waals surface area contributed by atoms with Crippen LogP contribution in [0.4, 0.5) is 0 Å². The topological polar surface area (TPSA) is 30.7 Å². The number of pyridine rings is 1. The van der Waals surface area contributed by atoms with Gasteiger partial charge in [0.25, 0.3) is 0 Å². The Morgan fingerprint density at radius 1 is 1.33 bits per heavy atom. The summed E-state index contributed by atoms with van der Waals surface area (Å²) in [5.74, 6) is 0.778. The number of aromatic nitrogens is 3. The first-order valence-corrected chi connectivity index (χ1v) is 3.85. The number of halogens is 1. The molecule has 0 aromatic carbocycles. The van der Waals surface area contributed by atoms with Gasteiger partial charge in [0.1, 0.15) is 17.3 Å². The Labute approximate surface area is 74.7 Å². The van der Waals surface area contributed by atoms with Gasteiger partial charge in [0.05, 0.1) is 0 Å². The van der Waals surface area contributed by atoms with Crippen molar-refractivity contribution in [2.45, 2.75) is 0 Å². The van der Waals surface area contributed by atoms with Gasteiger partial charge in [-0.25, -0.2) is 9.97 Å². The van der Waals surface area contributed by atoms with E-state index in [4.69, 9.17) is 11.6 Å². The Morgan fingerprint density at radius 3 is 2.92 bits per heavy atom. The molecule has 2 aromatic rings. The standard InChI is InChI=1S/C8H6ClN3/c9-7-2-1-3-8(11-7)12-5-4-10-6-12/h1-6H. The average molecular weight is 180 g/mol. The second-order valence-corrected chi connectivity index (χ2v) is 2.68. The third-order valence-corrected chi connectivity index (χ3v) is 1.68.